The van der Waals surface area contributed by atoms with Gasteiger partial charge in [0.05, 0.1) is 5.92 Å². The molecule has 0 saturated carbocycles. The van der Waals surface area contributed by atoms with Crippen molar-refractivity contribution in [1.29, 1.82) is 0 Å². The van der Waals surface area contributed by atoms with Gasteiger partial charge in [0.25, 0.3) is 0 Å². The predicted octanol–water partition coefficient (Wildman–Crippen LogP) is 2.84. The molecule has 0 bridgehead atoms. The van der Waals surface area contributed by atoms with E-state index in [0.717, 1.165) is 25.7 Å². The summed E-state index contributed by atoms with van der Waals surface area (Å²) < 4.78 is 0. The Balaban J connectivity index is 3.63. The van der Waals surface area contributed by atoms with Crippen LogP contribution in [0.2, 0.25) is 0 Å². The van der Waals surface area contributed by atoms with Crippen molar-refractivity contribution in [3.63, 3.8) is 0 Å². The Labute approximate surface area is 74.3 Å². The molecule has 0 unspecified atom stereocenters. The molecule has 0 aromatic heterocycles. The Morgan fingerprint density at radius 2 is 2.25 bits per heavy atom. The molecule has 0 aliphatic carbocycles. The van der Waals surface area contributed by atoms with Gasteiger partial charge < -0.3 is 5.11 Å². The normalized spacial score (nSPS) is 12.4. The lowest BCUT2D eigenvalue weighted by Gasteiger charge is -2.08. The Morgan fingerprint density at radius 3 is 2.67 bits per heavy atom. The first kappa shape index (κ1) is 11.2. The Kier molecular flexibility index (Phi) is 6.44. The molecule has 0 aliphatic rings. The molecule has 0 saturated heterocycles. The van der Waals surface area contributed by atoms with Crippen molar-refractivity contribution in [2.75, 3.05) is 0 Å². The van der Waals surface area contributed by atoms with Gasteiger partial charge in [0.2, 0.25) is 0 Å². The van der Waals surface area contributed by atoms with Crippen molar-refractivity contribution in [3.8, 4) is 0 Å². The van der Waals surface area contributed by atoms with E-state index in [1.54, 1.807) is 6.08 Å². The number of carboxylic acid groups (broad SMARTS) is 1. The lowest BCUT2D eigenvalue weighted by Crippen LogP contribution is -2.12. The van der Waals surface area contributed by atoms with E-state index in [9.17, 15) is 4.79 Å². The molecule has 0 aromatic carbocycles. The van der Waals surface area contributed by atoms with Crippen LogP contribution in [-0.2, 0) is 4.79 Å². The average molecular weight is 170 g/mol. The van der Waals surface area contributed by atoms with Crippen LogP contribution in [0.15, 0.2) is 12.7 Å². The van der Waals surface area contributed by atoms with Crippen LogP contribution in [0.4, 0.5) is 0 Å². The number of unbranched alkanes of at least 4 members (excludes halogenated alkanes) is 2. The highest BCUT2D eigenvalue weighted by Gasteiger charge is 2.14. The summed E-state index contributed by atoms with van der Waals surface area (Å²) in [4.78, 5) is 10.6. The van der Waals surface area contributed by atoms with Crippen LogP contribution >= 0.6 is 0 Å². The van der Waals surface area contributed by atoms with Gasteiger partial charge in [-0.3, -0.25) is 4.79 Å². The SMILES string of the molecule is C=CC[C@@H](CCCCC)C(=O)O. The molecule has 12 heavy (non-hydrogen) atoms. The summed E-state index contributed by atoms with van der Waals surface area (Å²) in [7, 11) is 0. The minimum absolute atomic E-state index is 0.214. The second-order valence-corrected chi connectivity index (χ2v) is 3.06. The van der Waals surface area contributed by atoms with Crippen LogP contribution in [0.25, 0.3) is 0 Å². The van der Waals surface area contributed by atoms with Crippen molar-refractivity contribution in [3.05, 3.63) is 12.7 Å². The van der Waals surface area contributed by atoms with Gasteiger partial charge in [-0.2, -0.15) is 0 Å². The Hall–Kier alpha value is -0.790. The molecule has 1 atom stereocenters. The third-order valence-corrected chi connectivity index (χ3v) is 1.96. The second kappa shape index (κ2) is 6.89. The molecule has 0 amide bonds. The van der Waals surface area contributed by atoms with E-state index in [4.69, 9.17) is 5.11 Å². The molecule has 2 nitrogen and oxygen atoms in total. The zero-order valence-electron chi connectivity index (χ0n) is 7.75. The van der Waals surface area contributed by atoms with Crippen molar-refractivity contribution in [2.45, 2.75) is 39.0 Å². The topological polar surface area (TPSA) is 37.3 Å². The Bertz CT molecular complexity index is 141. The molecular formula is C10H18O2. The van der Waals surface area contributed by atoms with Crippen molar-refractivity contribution < 1.29 is 9.90 Å². The lowest BCUT2D eigenvalue weighted by molar-refractivity contribution is -0.141. The maximum absolute atomic E-state index is 10.6. The first-order valence-corrected chi connectivity index (χ1v) is 4.56. The fourth-order valence-electron chi connectivity index (χ4n) is 1.18. The van der Waals surface area contributed by atoms with Crippen LogP contribution < -0.4 is 0 Å². The van der Waals surface area contributed by atoms with Gasteiger partial charge in [-0.25, -0.2) is 0 Å². The van der Waals surface area contributed by atoms with E-state index >= 15 is 0 Å². The van der Waals surface area contributed by atoms with Gasteiger partial charge in [-0.1, -0.05) is 32.3 Å². The fourth-order valence-corrected chi connectivity index (χ4v) is 1.18. The number of allylic oxidation sites excluding steroid dienone is 1. The van der Waals surface area contributed by atoms with E-state index in [2.05, 4.69) is 13.5 Å². The minimum Gasteiger partial charge on any atom is -0.481 e. The van der Waals surface area contributed by atoms with Gasteiger partial charge in [0.15, 0.2) is 0 Å². The number of hydrogen-bond donors (Lipinski definition) is 1. The fraction of sp³-hybridized carbons (Fsp3) is 0.700. The second-order valence-electron chi connectivity index (χ2n) is 3.06. The highest BCUT2D eigenvalue weighted by atomic mass is 16.4. The largest absolute Gasteiger partial charge is 0.481 e. The average Bonchev–Trinajstić information content (AvgIpc) is 2.03. The van der Waals surface area contributed by atoms with Gasteiger partial charge in [0.1, 0.15) is 0 Å². The standard InChI is InChI=1S/C10H18O2/c1-3-5-6-8-9(7-4-2)10(11)12/h4,9H,2-3,5-8H2,1H3,(H,11,12)/t9-/m0/s1. The molecule has 0 aromatic rings. The quantitative estimate of drug-likeness (QED) is 0.471. The third kappa shape index (κ3) is 4.94. The van der Waals surface area contributed by atoms with Gasteiger partial charge >= 0.3 is 5.97 Å². The summed E-state index contributed by atoms with van der Waals surface area (Å²) in [5, 5.41) is 8.76. The maximum atomic E-state index is 10.6. The van der Waals surface area contributed by atoms with Gasteiger partial charge in [-0.05, 0) is 12.8 Å². The molecular weight excluding hydrogens is 152 g/mol. The van der Waals surface area contributed by atoms with Crippen LogP contribution in [0.5, 0.6) is 0 Å². The molecule has 2 heteroatoms. The lowest BCUT2D eigenvalue weighted by atomic mass is 9.98. The van der Waals surface area contributed by atoms with E-state index in [1.807, 2.05) is 0 Å². The number of carbonyl (C=O) groups is 1. The highest BCUT2D eigenvalue weighted by molar-refractivity contribution is 5.70. The Morgan fingerprint density at radius 1 is 1.58 bits per heavy atom. The number of rotatable bonds is 7. The van der Waals surface area contributed by atoms with Gasteiger partial charge in [-0.15, -0.1) is 6.58 Å². The van der Waals surface area contributed by atoms with Gasteiger partial charge in [0, 0.05) is 0 Å². The first-order chi connectivity index (χ1) is 5.72. The van der Waals surface area contributed by atoms with Crippen LogP contribution in [0.1, 0.15) is 39.0 Å². The molecule has 70 valence electrons. The molecule has 0 spiro atoms. The summed E-state index contributed by atoms with van der Waals surface area (Å²) >= 11 is 0. The maximum Gasteiger partial charge on any atom is 0.306 e. The van der Waals surface area contributed by atoms with Crippen molar-refractivity contribution >= 4 is 5.97 Å². The number of aliphatic carboxylic acids is 1. The van der Waals surface area contributed by atoms with E-state index in [0.29, 0.717) is 6.42 Å². The van der Waals surface area contributed by atoms with E-state index < -0.39 is 5.97 Å². The first-order valence-electron chi connectivity index (χ1n) is 4.56. The molecule has 0 fully saturated rings. The summed E-state index contributed by atoms with van der Waals surface area (Å²) in [5.41, 5.74) is 0. The summed E-state index contributed by atoms with van der Waals surface area (Å²) in [6, 6.07) is 0. The highest BCUT2D eigenvalue weighted by Crippen LogP contribution is 2.14. The third-order valence-electron chi connectivity index (χ3n) is 1.96. The predicted molar refractivity (Wildman–Crippen MR) is 50.1 cm³/mol. The molecule has 0 heterocycles. The molecule has 0 rings (SSSR count). The number of hydrogen-bond acceptors (Lipinski definition) is 1. The molecule has 0 aliphatic heterocycles. The van der Waals surface area contributed by atoms with Crippen LogP contribution in [0.3, 0.4) is 0 Å². The zero-order chi connectivity index (χ0) is 9.40. The number of carboxylic acids is 1. The van der Waals surface area contributed by atoms with Crippen molar-refractivity contribution in [1.82, 2.24) is 0 Å². The summed E-state index contributed by atoms with van der Waals surface area (Å²) in [5.74, 6) is -0.903. The van der Waals surface area contributed by atoms with Crippen molar-refractivity contribution in [2.24, 2.45) is 5.92 Å². The van der Waals surface area contributed by atoms with E-state index in [1.165, 1.54) is 0 Å². The summed E-state index contributed by atoms with van der Waals surface area (Å²) in [6.07, 6.45) is 6.35. The summed E-state index contributed by atoms with van der Waals surface area (Å²) in [6.45, 7) is 5.66. The van der Waals surface area contributed by atoms with Crippen LogP contribution in [-0.4, -0.2) is 11.1 Å². The monoisotopic (exact) mass is 170 g/mol. The smallest absolute Gasteiger partial charge is 0.306 e. The molecule has 0 radical (unpaired) electrons. The molecule has 1 N–H and O–H groups in total. The van der Waals surface area contributed by atoms with E-state index in [-0.39, 0.29) is 5.92 Å². The van der Waals surface area contributed by atoms with Crippen LogP contribution in [0, 0.1) is 5.92 Å². The zero-order valence-corrected chi connectivity index (χ0v) is 7.75. The minimum atomic E-state index is -0.689.